The summed E-state index contributed by atoms with van der Waals surface area (Å²) in [6, 6.07) is 1.13. The molecule has 0 saturated carbocycles. The first kappa shape index (κ1) is 11.7. The highest BCUT2D eigenvalue weighted by molar-refractivity contribution is 5.78. The Morgan fingerprint density at radius 1 is 0.875 bits per heavy atom. The van der Waals surface area contributed by atoms with Gasteiger partial charge in [0.1, 0.15) is 25.2 Å². The Hall–Kier alpha value is -0.730. The van der Waals surface area contributed by atoms with E-state index in [4.69, 9.17) is 0 Å². The van der Waals surface area contributed by atoms with Gasteiger partial charge in [-0.3, -0.25) is 15.2 Å². The third-order valence-electron chi connectivity index (χ3n) is 3.83. The zero-order chi connectivity index (χ0) is 12.1. The van der Waals surface area contributed by atoms with E-state index in [1.807, 2.05) is 0 Å². The van der Waals surface area contributed by atoms with Crippen molar-refractivity contribution in [2.45, 2.75) is 53.6 Å². The molecule has 2 aliphatic rings. The minimum Gasteiger partial charge on any atom is -0.271 e. The normalized spacial score (nSPS) is 30.1. The fourth-order valence-electron chi connectivity index (χ4n) is 2.32. The molecule has 2 heterocycles. The number of rotatable bonds is 0. The third kappa shape index (κ3) is 2.04. The van der Waals surface area contributed by atoms with Crippen LogP contribution in [0.1, 0.15) is 41.5 Å². The first-order chi connectivity index (χ1) is 7.18. The summed E-state index contributed by atoms with van der Waals surface area (Å²) in [6.07, 6.45) is 0. The van der Waals surface area contributed by atoms with Crippen LogP contribution in [0.3, 0.4) is 0 Å². The van der Waals surface area contributed by atoms with Gasteiger partial charge in [-0.15, -0.1) is 0 Å². The van der Waals surface area contributed by atoms with E-state index in [2.05, 4.69) is 56.8 Å². The van der Waals surface area contributed by atoms with Gasteiger partial charge >= 0.3 is 5.96 Å². The van der Waals surface area contributed by atoms with E-state index >= 15 is 0 Å². The van der Waals surface area contributed by atoms with Gasteiger partial charge in [0.15, 0.2) is 0 Å². The average Bonchev–Trinajstić information content (AvgIpc) is 2.53. The van der Waals surface area contributed by atoms with Crippen molar-refractivity contribution in [3.63, 3.8) is 0 Å². The van der Waals surface area contributed by atoms with Gasteiger partial charge in [-0.2, -0.15) is 0 Å². The average molecular weight is 224 g/mol. The molecule has 0 aliphatic carbocycles. The Morgan fingerprint density at radius 3 is 1.50 bits per heavy atom. The highest BCUT2D eigenvalue weighted by atomic mass is 15.4. The summed E-state index contributed by atoms with van der Waals surface area (Å²) in [5.74, 6) is 1.25. The van der Waals surface area contributed by atoms with E-state index in [0.29, 0.717) is 22.9 Å². The Morgan fingerprint density at radius 2 is 1.25 bits per heavy atom. The lowest BCUT2D eigenvalue weighted by molar-refractivity contribution is -0.518. The van der Waals surface area contributed by atoms with E-state index in [1.165, 1.54) is 5.96 Å². The number of guanidine groups is 1. The van der Waals surface area contributed by atoms with Gasteiger partial charge in [0.05, 0.1) is 0 Å². The van der Waals surface area contributed by atoms with Crippen molar-refractivity contribution in [3.05, 3.63) is 0 Å². The Balaban J connectivity index is 1.99. The van der Waals surface area contributed by atoms with Gasteiger partial charge < -0.3 is 0 Å². The summed E-state index contributed by atoms with van der Waals surface area (Å²) < 4.78 is 2.46. The molecule has 0 aromatic rings. The number of nitrogens with one attached hydrogen (secondary N) is 2. The largest absolute Gasteiger partial charge is 0.346 e. The lowest BCUT2D eigenvalue weighted by Gasteiger charge is -2.28. The topological polar surface area (TPSA) is 27.1 Å². The van der Waals surface area contributed by atoms with Crippen LogP contribution in [0.4, 0.5) is 0 Å². The van der Waals surface area contributed by atoms with Gasteiger partial charge in [0.25, 0.3) is 0 Å². The molecule has 0 saturated heterocycles. The van der Waals surface area contributed by atoms with Gasteiger partial charge in [0, 0.05) is 0 Å². The van der Waals surface area contributed by atoms with Crippen molar-refractivity contribution < 1.29 is 4.58 Å². The predicted octanol–water partition coefficient (Wildman–Crippen LogP) is 1.39. The molecule has 16 heavy (non-hydrogen) atoms. The highest BCUT2D eigenvalue weighted by Crippen LogP contribution is 2.26. The summed E-state index contributed by atoms with van der Waals surface area (Å²) in [4.78, 5) is 0. The second-order valence-corrected chi connectivity index (χ2v) is 7.38. The van der Waals surface area contributed by atoms with Crippen molar-refractivity contribution in [1.29, 1.82) is 0 Å². The minimum absolute atomic E-state index is 0.330. The van der Waals surface area contributed by atoms with Crippen molar-refractivity contribution in [2.75, 3.05) is 13.1 Å². The van der Waals surface area contributed by atoms with Crippen LogP contribution >= 0.6 is 0 Å². The van der Waals surface area contributed by atoms with Gasteiger partial charge in [-0.1, -0.05) is 41.5 Å². The standard InChI is InChI=1S/C13H25N3/c1-12(2,3)9-7-16-8-10(13(4,5)6)15-11(16)14-9/h9-10H,7-8H2,1-6H3,(H,14,15)/p+1. The molecular formula is C13H26N3+. The highest BCUT2D eigenvalue weighted by Gasteiger charge is 2.45. The molecule has 0 fully saturated rings. The molecule has 0 radical (unpaired) electrons. The number of hydrogen-bond acceptors (Lipinski definition) is 2. The van der Waals surface area contributed by atoms with E-state index in [-0.39, 0.29) is 0 Å². The maximum atomic E-state index is 3.63. The van der Waals surface area contributed by atoms with Crippen LogP contribution in [0.2, 0.25) is 0 Å². The predicted molar refractivity (Wildman–Crippen MR) is 67.8 cm³/mol. The van der Waals surface area contributed by atoms with Gasteiger partial charge in [-0.25, -0.2) is 0 Å². The molecule has 3 nitrogen and oxygen atoms in total. The summed E-state index contributed by atoms with van der Waals surface area (Å²) in [5.41, 5.74) is 0.659. The molecule has 2 aliphatic heterocycles. The minimum atomic E-state index is 0.330. The third-order valence-corrected chi connectivity index (χ3v) is 3.83. The Labute approximate surface area is 99.3 Å². The quantitative estimate of drug-likeness (QED) is 0.608. The molecule has 0 bridgehead atoms. The van der Waals surface area contributed by atoms with Gasteiger partial charge in [0.2, 0.25) is 0 Å². The Kier molecular flexibility index (Phi) is 2.48. The molecule has 0 spiro atoms. The smallest absolute Gasteiger partial charge is 0.271 e. The Bertz CT molecular complexity index is 269. The van der Waals surface area contributed by atoms with Crippen LogP contribution in [0.15, 0.2) is 0 Å². The molecule has 0 amide bonds. The summed E-state index contributed by atoms with van der Waals surface area (Å²) >= 11 is 0. The second-order valence-electron chi connectivity index (χ2n) is 7.38. The maximum Gasteiger partial charge on any atom is 0.346 e. The lowest BCUT2D eigenvalue weighted by atomic mass is 9.85. The summed E-state index contributed by atoms with van der Waals surface area (Å²) in [7, 11) is 0. The van der Waals surface area contributed by atoms with Crippen LogP contribution in [0, 0.1) is 10.8 Å². The van der Waals surface area contributed by atoms with Crippen LogP contribution in [0.5, 0.6) is 0 Å². The van der Waals surface area contributed by atoms with Crippen LogP contribution in [0.25, 0.3) is 0 Å². The second kappa shape index (κ2) is 3.38. The van der Waals surface area contributed by atoms with E-state index in [1.54, 1.807) is 0 Å². The van der Waals surface area contributed by atoms with E-state index in [9.17, 15) is 0 Å². The maximum absolute atomic E-state index is 3.63. The van der Waals surface area contributed by atoms with Crippen LogP contribution < -0.4 is 10.6 Å². The fourth-order valence-corrected chi connectivity index (χ4v) is 2.32. The first-order valence-electron chi connectivity index (χ1n) is 6.33. The van der Waals surface area contributed by atoms with Crippen molar-refractivity contribution in [2.24, 2.45) is 10.8 Å². The zero-order valence-electron chi connectivity index (χ0n) is 11.5. The first-order valence-corrected chi connectivity index (χ1v) is 6.33. The molecule has 0 aromatic heterocycles. The molecule has 0 aromatic carbocycles. The van der Waals surface area contributed by atoms with Crippen molar-refractivity contribution >= 4 is 5.96 Å². The van der Waals surface area contributed by atoms with Crippen molar-refractivity contribution in [1.82, 2.24) is 10.6 Å². The fraction of sp³-hybridized carbons (Fsp3) is 0.923. The molecular weight excluding hydrogens is 198 g/mol. The summed E-state index contributed by atoms with van der Waals surface area (Å²) in [5, 5.41) is 7.25. The monoisotopic (exact) mass is 224 g/mol. The number of hydrogen-bond donors (Lipinski definition) is 2. The van der Waals surface area contributed by atoms with E-state index < -0.39 is 0 Å². The molecule has 2 rings (SSSR count). The molecule has 2 N–H and O–H groups in total. The molecule has 3 heteroatoms. The number of nitrogens with zero attached hydrogens (tertiary/aromatic N) is 1. The summed E-state index contributed by atoms with van der Waals surface area (Å²) in [6.45, 7) is 16.1. The van der Waals surface area contributed by atoms with Crippen molar-refractivity contribution in [3.8, 4) is 0 Å². The molecule has 2 unspecified atom stereocenters. The van der Waals surface area contributed by atoms with Crippen LogP contribution in [-0.4, -0.2) is 35.7 Å². The molecule has 2 atom stereocenters. The molecule has 92 valence electrons. The SMILES string of the molecule is CC(C)(C)C1C[N+]2=C(N1)NC(C(C)(C)C)C2. The zero-order valence-corrected chi connectivity index (χ0v) is 11.5. The lowest BCUT2D eigenvalue weighted by Crippen LogP contribution is -2.50. The van der Waals surface area contributed by atoms with E-state index in [0.717, 1.165) is 13.1 Å². The van der Waals surface area contributed by atoms with Crippen LogP contribution in [-0.2, 0) is 0 Å². The van der Waals surface area contributed by atoms with Gasteiger partial charge in [-0.05, 0) is 10.8 Å².